The molecule has 0 heterocycles. The summed E-state index contributed by atoms with van der Waals surface area (Å²) in [6, 6.07) is 0. The summed E-state index contributed by atoms with van der Waals surface area (Å²) < 4.78 is 50.9. The Bertz CT molecular complexity index is 453. The van der Waals surface area contributed by atoms with E-state index in [0.29, 0.717) is 4.44 Å². The van der Waals surface area contributed by atoms with Crippen molar-refractivity contribution >= 4 is 41.4 Å². The van der Waals surface area contributed by atoms with Crippen LogP contribution < -0.4 is 0 Å². The second-order valence-electron chi connectivity index (χ2n) is 8.10. The quantitative estimate of drug-likeness (QED) is 0.199. The summed E-state index contributed by atoms with van der Waals surface area (Å²) in [5.41, 5.74) is 0. The summed E-state index contributed by atoms with van der Waals surface area (Å²) >= 11 is -3.12. The minimum atomic E-state index is -3.82. The molecule has 158 valence electrons. The van der Waals surface area contributed by atoms with Crippen LogP contribution in [0.25, 0.3) is 0 Å². The molecule has 0 saturated carbocycles. The fraction of sp³-hybridized carbons (Fsp3) is 1.00. The zero-order valence-electron chi connectivity index (χ0n) is 17.8. The molecule has 0 atom stereocenters. The first-order chi connectivity index (χ1) is 11.5. The molecular formula is C16H37ClO6P2Sn. The maximum atomic E-state index is 13.8. The van der Waals surface area contributed by atoms with Gasteiger partial charge in [-0.25, -0.2) is 0 Å². The van der Waals surface area contributed by atoms with Crippen LogP contribution in [0.2, 0.25) is 14.3 Å². The van der Waals surface area contributed by atoms with Gasteiger partial charge in [0.05, 0.1) is 0 Å². The summed E-state index contributed by atoms with van der Waals surface area (Å²) in [6.07, 6.45) is -1.49. The molecule has 0 radical (unpaired) electrons. The molecule has 0 rings (SSSR count). The number of hydrogen-bond donors (Lipinski definition) is 0. The topological polar surface area (TPSA) is 71.1 Å². The van der Waals surface area contributed by atoms with E-state index in [0.717, 1.165) is 0 Å². The first-order valence-electron chi connectivity index (χ1n) is 9.12. The molecule has 26 heavy (non-hydrogen) atoms. The van der Waals surface area contributed by atoms with E-state index in [-0.39, 0.29) is 24.4 Å². The second-order valence-corrected chi connectivity index (χ2v) is 30.6. The van der Waals surface area contributed by atoms with Gasteiger partial charge in [0.15, 0.2) is 0 Å². The maximum absolute atomic E-state index is 13.8. The van der Waals surface area contributed by atoms with Gasteiger partial charge in [0.1, 0.15) is 0 Å². The van der Waals surface area contributed by atoms with Crippen molar-refractivity contribution in [1.29, 1.82) is 0 Å². The molecule has 0 aliphatic rings. The number of halogens is 1. The Balaban J connectivity index is 6.34. The Morgan fingerprint density at radius 1 is 0.692 bits per heavy atom. The molecule has 0 amide bonds. The van der Waals surface area contributed by atoms with Gasteiger partial charge in [-0.2, -0.15) is 0 Å². The average molecular weight is 542 g/mol. The van der Waals surface area contributed by atoms with Crippen LogP contribution in [0.5, 0.6) is 0 Å². The van der Waals surface area contributed by atoms with E-state index in [9.17, 15) is 9.13 Å². The summed E-state index contributed by atoms with van der Waals surface area (Å²) in [5, 5.41) is -1.03. The molecule has 0 unspecified atom stereocenters. The first-order valence-corrected chi connectivity index (χ1v) is 23.7. The van der Waals surface area contributed by atoms with Gasteiger partial charge in [-0.15, -0.1) is 0 Å². The van der Waals surface area contributed by atoms with Gasteiger partial charge in [0.2, 0.25) is 0 Å². The van der Waals surface area contributed by atoms with Crippen LogP contribution in [-0.2, 0) is 27.2 Å². The van der Waals surface area contributed by atoms with Crippen LogP contribution >= 0.6 is 24.1 Å². The van der Waals surface area contributed by atoms with E-state index in [1.807, 2.05) is 9.88 Å². The van der Waals surface area contributed by atoms with Crippen molar-refractivity contribution in [3.8, 4) is 0 Å². The molecule has 0 saturated heterocycles. The molecule has 0 fully saturated rings. The fourth-order valence-electron chi connectivity index (χ4n) is 2.34. The van der Waals surface area contributed by atoms with Gasteiger partial charge in [-0.3, -0.25) is 0 Å². The van der Waals surface area contributed by atoms with Crippen molar-refractivity contribution in [1.82, 2.24) is 0 Å². The molecule has 0 aliphatic carbocycles. The van der Waals surface area contributed by atoms with Crippen LogP contribution in [0, 0.1) is 0 Å². The fourth-order valence-corrected chi connectivity index (χ4v) is 22.7. The molecule has 0 spiro atoms. The molecule has 0 aromatic heterocycles. The SMILES string of the molecule is CC(C)OP(=O)(OC(C)C)C([CH2][Sn]([CH3])([CH3])[Cl])P(=O)(OC(C)C)OC(C)C. The zero-order chi connectivity index (χ0) is 20.9. The molecule has 0 N–H and O–H groups in total. The van der Waals surface area contributed by atoms with E-state index in [1.165, 1.54) is 0 Å². The van der Waals surface area contributed by atoms with Crippen molar-refractivity contribution in [2.24, 2.45) is 0 Å². The molecule has 0 aliphatic heterocycles. The predicted octanol–water partition coefficient (Wildman–Crippen LogP) is 6.84. The van der Waals surface area contributed by atoms with E-state index in [4.69, 9.17) is 27.0 Å². The van der Waals surface area contributed by atoms with Crippen LogP contribution in [0.1, 0.15) is 55.4 Å². The van der Waals surface area contributed by atoms with Crippen LogP contribution in [0.15, 0.2) is 0 Å². The minimum absolute atomic E-state index is 0.295. The standard InChI is InChI=1S/C14H31O6P2.2CH3.ClH.Sn/c1-10(2)17-21(15,18-11(3)4)14(9)22(16,19-12(5)6)20-13(7)8;;;;/h10-14H,9H2,1-8H3;2*1H3;1H;/q;;;;+1/p-1. The molecule has 0 bridgehead atoms. The Labute approximate surface area is 167 Å². The van der Waals surface area contributed by atoms with E-state index >= 15 is 0 Å². The normalized spacial score (nSPS) is 14.5. The van der Waals surface area contributed by atoms with Crippen LogP contribution in [0.4, 0.5) is 0 Å². The average Bonchev–Trinajstić information content (AvgIpc) is 2.30. The number of hydrogen-bond acceptors (Lipinski definition) is 6. The zero-order valence-corrected chi connectivity index (χ0v) is 23.2. The Morgan fingerprint density at radius 2 is 0.923 bits per heavy atom. The van der Waals surface area contributed by atoms with Gasteiger partial charge in [0, 0.05) is 0 Å². The van der Waals surface area contributed by atoms with Crippen molar-refractivity contribution in [2.45, 2.75) is 99.5 Å². The summed E-state index contributed by atoms with van der Waals surface area (Å²) in [7, 11) is -1.00. The van der Waals surface area contributed by atoms with Crippen molar-refractivity contribution < 1.29 is 27.2 Å². The van der Waals surface area contributed by atoms with Gasteiger partial charge in [0.25, 0.3) is 0 Å². The van der Waals surface area contributed by atoms with Crippen molar-refractivity contribution in [2.75, 3.05) is 0 Å². The Kier molecular flexibility index (Phi) is 11.5. The summed E-state index contributed by atoms with van der Waals surface area (Å²) in [5.74, 6) is 0. The van der Waals surface area contributed by atoms with Gasteiger partial charge in [-0.1, -0.05) is 0 Å². The molecule has 0 aromatic carbocycles. The van der Waals surface area contributed by atoms with E-state index in [1.54, 1.807) is 55.4 Å². The number of rotatable bonds is 12. The predicted molar refractivity (Wildman–Crippen MR) is 112 cm³/mol. The van der Waals surface area contributed by atoms with Crippen LogP contribution in [0.3, 0.4) is 0 Å². The first kappa shape index (κ1) is 27.4. The van der Waals surface area contributed by atoms with Crippen LogP contribution in [-0.4, -0.2) is 47.1 Å². The third kappa shape index (κ3) is 10.2. The van der Waals surface area contributed by atoms with E-state index in [2.05, 4.69) is 0 Å². The summed E-state index contributed by atoms with van der Waals surface area (Å²) in [6.45, 7) is 14.1. The Hall–Kier alpha value is 1.39. The molecular weight excluding hydrogens is 504 g/mol. The third-order valence-electron chi connectivity index (χ3n) is 2.83. The van der Waals surface area contributed by atoms with Crippen molar-refractivity contribution in [3.05, 3.63) is 0 Å². The molecule has 0 aromatic rings. The molecule has 10 heteroatoms. The van der Waals surface area contributed by atoms with Gasteiger partial charge < -0.3 is 0 Å². The Morgan fingerprint density at radius 3 is 1.08 bits per heavy atom. The monoisotopic (exact) mass is 542 g/mol. The van der Waals surface area contributed by atoms with Gasteiger partial charge >= 0.3 is 168 Å². The van der Waals surface area contributed by atoms with Gasteiger partial charge in [-0.05, 0) is 0 Å². The van der Waals surface area contributed by atoms with E-state index < -0.39 is 37.8 Å². The third-order valence-corrected chi connectivity index (χ3v) is 16.1. The summed E-state index contributed by atoms with van der Waals surface area (Å²) in [4.78, 5) is 3.93. The van der Waals surface area contributed by atoms with Crippen molar-refractivity contribution in [3.63, 3.8) is 0 Å². The molecule has 6 nitrogen and oxygen atoms in total. The second kappa shape index (κ2) is 11.0.